The van der Waals surface area contributed by atoms with E-state index in [9.17, 15) is 4.79 Å². The highest BCUT2D eigenvalue weighted by molar-refractivity contribution is 5.92. The molecule has 0 spiro atoms. The Labute approximate surface area is 143 Å². The lowest BCUT2D eigenvalue weighted by atomic mass is 9.85. The first-order valence-electron chi connectivity index (χ1n) is 8.11. The van der Waals surface area contributed by atoms with Crippen LogP contribution in [0.15, 0.2) is 24.3 Å². The molecule has 1 amide bonds. The standard InChI is InChI=1S/C17H24N2O3.ClH/c18-13-3-1-2-12(10-13)17(20)19-14-4-6-15(7-5-14)22-16-8-9-21-11-16;/h4-7,12-13,16H,1-3,8-11,18H2,(H,19,20);1H. The zero-order chi connectivity index (χ0) is 15.4. The van der Waals surface area contributed by atoms with Crippen molar-refractivity contribution in [3.8, 4) is 5.75 Å². The molecule has 3 unspecified atom stereocenters. The number of carbonyl (C=O) groups excluding carboxylic acids is 1. The summed E-state index contributed by atoms with van der Waals surface area (Å²) in [5.41, 5.74) is 6.75. The monoisotopic (exact) mass is 340 g/mol. The second-order valence-electron chi connectivity index (χ2n) is 6.24. The van der Waals surface area contributed by atoms with Crippen LogP contribution in [-0.4, -0.2) is 31.3 Å². The van der Waals surface area contributed by atoms with Gasteiger partial charge in [0.25, 0.3) is 0 Å². The molecule has 0 radical (unpaired) electrons. The Hall–Kier alpha value is -1.30. The van der Waals surface area contributed by atoms with Crippen LogP contribution in [0.5, 0.6) is 5.75 Å². The molecule has 1 aromatic rings. The van der Waals surface area contributed by atoms with Gasteiger partial charge < -0.3 is 20.5 Å². The highest BCUT2D eigenvalue weighted by Gasteiger charge is 2.25. The molecule has 1 aliphatic heterocycles. The lowest BCUT2D eigenvalue weighted by Gasteiger charge is -2.25. The van der Waals surface area contributed by atoms with Crippen LogP contribution < -0.4 is 15.8 Å². The minimum absolute atomic E-state index is 0. The summed E-state index contributed by atoms with van der Waals surface area (Å²) >= 11 is 0. The fraction of sp³-hybridized carbons (Fsp3) is 0.588. The molecule has 6 heteroatoms. The van der Waals surface area contributed by atoms with E-state index in [0.29, 0.717) is 6.61 Å². The van der Waals surface area contributed by atoms with Gasteiger partial charge in [-0.05, 0) is 43.5 Å². The number of ether oxygens (including phenoxy) is 2. The quantitative estimate of drug-likeness (QED) is 0.883. The Kier molecular flexibility index (Phi) is 6.69. The van der Waals surface area contributed by atoms with Gasteiger partial charge in [-0.25, -0.2) is 0 Å². The smallest absolute Gasteiger partial charge is 0.227 e. The van der Waals surface area contributed by atoms with Gasteiger partial charge >= 0.3 is 0 Å². The Morgan fingerprint density at radius 3 is 2.65 bits per heavy atom. The van der Waals surface area contributed by atoms with Crippen molar-refractivity contribution >= 4 is 24.0 Å². The van der Waals surface area contributed by atoms with Crippen molar-refractivity contribution in [2.75, 3.05) is 18.5 Å². The lowest BCUT2D eigenvalue weighted by molar-refractivity contribution is -0.120. The van der Waals surface area contributed by atoms with Gasteiger partial charge in [0, 0.05) is 24.1 Å². The molecule has 1 aromatic carbocycles. The van der Waals surface area contributed by atoms with E-state index in [-0.39, 0.29) is 36.4 Å². The first-order chi connectivity index (χ1) is 10.7. The zero-order valence-electron chi connectivity index (χ0n) is 13.2. The maximum Gasteiger partial charge on any atom is 0.227 e. The third-order valence-electron chi connectivity index (χ3n) is 4.40. The molecule has 1 heterocycles. The fourth-order valence-electron chi connectivity index (χ4n) is 3.13. The Morgan fingerprint density at radius 2 is 2.00 bits per heavy atom. The van der Waals surface area contributed by atoms with Crippen LogP contribution in [0.25, 0.3) is 0 Å². The van der Waals surface area contributed by atoms with Crippen molar-refractivity contribution in [3.05, 3.63) is 24.3 Å². The first kappa shape index (κ1) is 18.0. The molecule has 3 N–H and O–H groups in total. The summed E-state index contributed by atoms with van der Waals surface area (Å²) in [4.78, 5) is 12.3. The van der Waals surface area contributed by atoms with Crippen LogP contribution in [0.4, 0.5) is 5.69 Å². The molecule has 0 aromatic heterocycles. The summed E-state index contributed by atoms with van der Waals surface area (Å²) in [7, 11) is 0. The van der Waals surface area contributed by atoms with E-state index in [2.05, 4.69) is 5.32 Å². The molecule has 2 fully saturated rings. The molecule has 5 nitrogen and oxygen atoms in total. The minimum Gasteiger partial charge on any atom is -0.488 e. The number of rotatable bonds is 4. The average molecular weight is 341 g/mol. The molecule has 1 saturated heterocycles. The number of hydrogen-bond donors (Lipinski definition) is 2. The zero-order valence-corrected chi connectivity index (χ0v) is 14.0. The predicted molar refractivity (Wildman–Crippen MR) is 92.1 cm³/mol. The highest BCUT2D eigenvalue weighted by Crippen LogP contribution is 2.25. The molecule has 23 heavy (non-hydrogen) atoms. The van der Waals surface area contributed by atoms with Crippen LogP contribution in [0.1, 0.15) is 32.1 Å². The molecule has 1 saturated carbocycles. The second kappa shape index (κ2) is 8.52. The maximum absolute atomic E-state index is 12.3. The van der Waals surface area contributed by atoms with Gasteiger partial charge in [-0.1, -0.05) is 6.42 Å². The van der Waals surface area contributed by atoms with Crippen molar-refractivity contribution in [1.82, 2.24) is 0 Å². The SMILES string of the molecule is Cl.NC1CCCC(C(=O)Nc2ccc(OC3CCOC3)cc2)C1. The number of hydrogen-bond acceptors (Lipinski definition) is 4. The summed E-state index contributed by atoms with van der Waals surface area (Å²) in [6, 6.07) is 7.70. The summed E-state index contributed by atoms with van der Waals surface area (Å²) in [5.74, 6) is 0.927. The van der Waals surface area contributed by atoms with Crippen LogP contribution in [0.2, 0.25) is 0 Å². The van der Waals surface area contributed by atoms with Crippen molar-refractivity contribution < 1.29 is 14.3 Å². The van der Waals surface area contributed by atoms with Crippen LogP contribution >= 0.6 is 12.4 Å². The third kappa shape index (κ3) is 5.09. The van der Waals surface area contributed by atoms with E-state index < -0.39 is 0 Å². The number of amides is 1. The number of anilines is 1. The van der Waals surface area contributed by atoms with Crippen LogP contribution in [-0.2, 0) is 9.53 Å². The van der Waals surface area contributed by atoms with E-state index in [1.165, 1.54) is 0 Å². The summed E-state index contributed by atoms with van der Waals surface area (Å²) in [6.45, 7) is 1.42. The van der Waals surface area contributed by atoms with E-state index in [1.54, 1.807) is 0 Å². The lowest BCUT2D eigenvalue weighted by Crippen LogP contribution is -2.34. The van der Waals surface area contributed by atoms with Crippen LogP contribution in [0, 0.1) is 5.92 Å². The van der Waals surface area contributed by atoms with Crippen LogP contribution in [0.3, 0.4) is 0 Å². The maximum atomic E-state index is 12.3. The van der Waals surface area contributed by atoms with Crippen molar-refractivity contribution in [2.24, 2.45) is 11.7 Å². The highest BCUT2D eigenvalue weighted by atomic mass is 35.5. The van der Waals surface area contributed by atoms with Crippen molar-refractivity contribution in [2.45, 2.75) is 44.2 Å². The normalized spacial score (nSPS) is 27.1. The third-order valence-corrected chi connectivity index (χ3v) is 4.40. The first-order valence-corrected chi connectivity index (χ1v) is 8.11. The van der Waals surface area contributed by atoms with Gasteiger partial charge in [-0.3, -0.25) is 4.79 Å². The Morgan fingerprint density at radius 1 is 1.22 bits per heavy atom. The number of nitrogens with one attached hydrogen (secondary N) is 1. The topological polar surface area (TPSA) is 73.6 Å². The van der Waals surface area contributed by atoms with E-state index >= 15 is 0 Å². The molecular formula is C17H25ClN2O3. The van der Waals surface area contributed by atoms with Gasteiger partial charge in [-0.2, -0.15) is 0 Å². The average Bonchev–Trinajstić information content (AvgIpc) is 3.02. The largest absolute Gasteiger partial charge is 0.488 e. The molecular weight excluding hydrogens is 316 g/mol. The molecule has 1 aliphatic carbocycles. The van der Waals surface area contributed by atoms with Crippen molar-refractivity contribution in [1.29, 1.82) is 0 Å². The van der Waals surface area contributed by atoms with E-state index in [4.69, 9.17) is 15.2 Å². The summed E-state index contributed by atoms with van der Waals surface area (Å²) in [6.07, 6.45) is 4.86. The number of carbonyl (C=O) groups is 1. The molecule has 3 rings (SSSR count). The van der Waals surface area contributed by atoms with Gasteiger partial charge in [0.15, 0.2) is 0 Å². The second-order valence-corrected chi connectivity index (χ2v) is 6.24. The number of halogens is 1. The predicted octanol–water partition coefficient (Wildman–Crippen LogP) is 2.73. The van der Waals surface area contributed by atoms with E-state index in [0.717, 1.165) is 50.1 Å². The summed E-state index contributed by atoms with van der Waals surface area (Å²) in [5, 5.41) is 2.98. The minimum atomic E-state index is 0. The number of benzene rings is 1. The molecule has 128 valence electrons. The Bertz CT molecular complexity index is 503. The van der Waals surface area contributed by atoms with Crippen molar-refractivity contribution in [3.63, 3.8) is 0 Å². The fourth-order valence-corrected chi connectivity index (χ4v) is 3.13. The molecule has 0 bridgehead atoms. The van der Waals surface area contributed by atoms with Gasteiger partial charge in [0.1, 0.15) is 11.9 Å². The number of nitrogens with two attached hydrogens (primary N) is 1. The molecule has 2 aliphatic rings. The van der Waals surface area contributed by atoms with Gasteiger partial charge in [0.05, 0.1) is 13.2 Å². The molecule has 3 atom stereocenters. The van der Waals surface area contributed by atoms with Gasteiger partial charge in [0.2, 0.25) is 5.91 Å². The van der Waals surface area contributed by atoms with E-state index in [1.807, 2.05) is 24.3 Å². The Balaban J connectivity index is 0.00000192. The summed E-state index contributed by atoms with van der Waals surface area (Å²) < 4.78 is 11.1. The van der Waals surface area contributed by atoms with Gasteiger partial charge in [-0.15, -0.1) is 12.4 Å².